The number of aromatic amines is 2. The van der Waals surface area contributed by atoms with Crippen LogP contribution >= 0.6 is 0 Å². The predicted octanol–water partition coefficient (Wildman–Crippen LogP) is 2.27. The zero-order chi connectivity index (χ0) is 21.0. The Bertz CT molecular complexity index is 1190. The Morgan fingerprint density at radius 2 is 1.66 bits per heavy atom. The van der Waals surface area contributed by atoms with Gasteiger partial charge in [-0.2, -0.15) is 0 Å². The summed E-state index contributed by atoms with van der Waals surface area (Å²) in [5.74, 6) is -1.71. The van der Waals surface area contributed by atoms with Crippen molar-refractivity contribution in [1.29, 1.82) is 0 Å². The molecule has 0 fully saturated rings. The normalized spacial score (nSPS) is 10.8. The number of fused-ring (bicyclic) bond motifs is 1. The average molecular weight is 396 g/mol. The SMILES string of the molecule is COC(=O)c1ccc2cc(CCCCc3c(C(=O)O)[nH]c(=O)[nH]c3=O)ccc2c1. The van der Waals surface area contributed by atoms with Crippen molar-refractivity contribution >= 4 is 22.7 Å². The number of nitrogens with one attached hydrogen (secondary N) is 2. The number of aryl methyl sites for hydroxylation is 1. The first-order chi connectivity index (χ1) is 13.9. The fraction of sp³-hybridized carbons (Fsp3) is 0.238. The second-order valence-electron chi connectivity index (χ2n) is 6.66. The minimum absolute atomic E-state index is 0.0750. The van der Waals surface area contributed by atoms with Crippen molar-refractivity contribution in [2.45, 2.75) is 25.7 Å². The highest BCUT2D eigenvalue weighted by Crippen LogP contribution is 2.20. The highest BCUT2D eigenvalue weighted by Gasteiger charge is 2.15. The molecule has 29 heavy (non-hydrogen) atoms. The van der Waals surface area contributed by atoms with E-state index in [1.165, 1.54) is 7.11 Å². The number of carbonyl (C=O) groups is 2. The topological polar surface area (TPSA) is 129 Å². The molecule has 0 saturated heterocycles. The van der Waals surface area contributed by atoms with Crippen molar-refractivity contribution in [1.82, 2.24) is 9.97 Å². The van der Waals surface area contributed by atoms with E-state index in [4.69, 9.17) is 9.84 Å². The van der Waals surface area contributed by atoms with Crippen LogP contribution in [0.3, 0.4) is 0 Å². The molecule has 3 N–H and O–H groups in total. The third-order valence-electron chi connectivity index (χ3n) is 4.72. The summed E-state index contributed by atoms with van der Waals surface area (Å²) in [7, 11) is 1.34. The van der Waals surface area contributed by atoms with Gasteiger partial charge < -0.3 is 14.8 Å². The summed E-state index contributed by atoms with van der Waals surface area (Å²) in [6.07, 6.45) is 2.33. The monoisotopic (exact) mass is 396 g/mol. The van der Waals surface area contributed by atoms with Gasteiger partial charge in [0.05, 0.1) is 12.7 Å². The van der Waals surface area contributed by atoms with Gasteiger partial charge in [-0.1, -0.05) is 24.3 Å². The van der Waals surface area contributed by atoms with Crippen LogP contribution in [-0.4, -0.2) is 34.1 Å². The van der Waals surface area contributed by atoms with Gasteiger partial charge in [0, 0.05) is 5.56 Å². The van der Waals surface area contributed by atoms with Gasteiger partial charge in [-0.3, -0.25) is 9.78 Å². The Morgan fingerprint density at radius 1 is 0.966 bits per heavy atom. The minimum Gasteiger partial charge on any atom is -0.477 e. The Kier molecular flexibility index (Phi) is 5.92. The van der Waals surface area contributed by atoms with E-state index >= 15 is 0 Å². The van der Waals surface area contributed by atoms with Crippen LogP contribution in [0.25, 0.3) is 10.8 Å². The Labute approximate surface area is 165 Å². The number of hydrogen-bond donors (Lipinski definition) is 3. The van der Waals surface area contributed by atoms with Crippen LogP contribution in [0.15, 0.2) is 46.0 Å². The number of carboxylic acids is 1. The summed E-state index contributed by atoms with van der Waals surface area (Å²) in [6.45, 7) is 0. The van der Waals surface area contributed by atoms with Crippen molar-refractivity contribution in [3.63, 3.8) is 0 Å². The van der Waals surface area contributed by atoms with Crippen LogP contribution in [-0.2, 0) is 17.6 Å². The number of aromatic carboxylic acids is 1. The number of carbonyl (C=O) groups excluding carboxylic acids is 1. The number of methoxy groups -OCH3 is 1. The van der Waals surface area contributed by atoms with E-state index in [0.29, 0.717) is 12.0 Å². The second kappa shape index (κ2) is 8.55. The van der Waals surface area contributed by atoms with E-state index in [-0.39, 0.29) is 23.6 Å². The van der Waals surface area contributed by atoms with E-state index in [0.717, 1.165) is 29.2 Å². The summed E-state index contributed by atoms with van der Waals surface area (Å²) in [6, 6.07) is 11.3. The highest BCUT2D eigenvalue weighted by atomic mass is 16.5. The minimum atomic E-state index is -1.33. The smallest absolute Gasteiger partial charge is 0.352 e. The van der Waals surface area contributed by atoms with Crippen LogP contribution < -0.4 is 11.2 Å². The molecule has 0 radical (unpaired) electrons. The van der Waals surface area contributed by atoms with Gasteiger partial charge in [0.2, 0.25) is 0 Å². The third kappa shape index (κ3) is 4.60. The van der Waals surface area contributed by atoms with Crippen LogP contribution in [0.1, 0.15) is 44.8 Å². The summed E-state index contributed by atoms with van der Waals surface area (Å²) in [5, 5.41) is 11.1. The zero-order valence-corrected chi connectivity index (χ0v) is 15.8. The fourth-order valence-corrected chi connectivity index (χ4v) is 3.26. The predicted molar refractivity (Wildman–Crippen MR) is 107 cm³/mol. The Morgan fingerprint density at radius 3 is 2.38 bits per heavy atom. The number of carboxylic acid groups (broad SMARTS) is 1. The third-order valence-corrected chi connectivity index (χ3v) is 4.72. The Hall–Kier alpha value is -3.68. The molecule has 0 aliphatic carbocycles. The number of H-pyrrole nitrogens is 2. The molecule has 1 aromatic heterocycles. The molecule has 0 atom stereocenters. The standard InChI is InChI=1S/C21H20N2O6/c1-29-20(27)15-9-8-13-10-12(6-7-14(13)11-15)4-2-3-5-16-17(19(25)26)22-21(28)23-18(16)24/h6-11H,2-5H2,1H3,(H,25,26)(H2,22,23,24,28). The molecule has 3 aromatic rings. The maximum absolute atomic E-state index is 11.9. The van der Waals surface area contributed by atoms with Gasteiger partial charge in [-0.05, 0) is 54.2 Å². The van der Waals surface area contributed by atoms with Gasteiger partial charge in [0.1, 0.15) is 5.69 Å². The van der Waals surface area contributed by atoms with Crippen LogP contribution in [0.2, 0.25) is 0 Å². The lowest BCUT2D eigenvalue weighted by Crippen LogP contribution is -2.30. The number of ether oxygens (including phenoxy) is 1. The first-order valence-electron chi connectivity index (χ1n) is 9.09. The van der Waals surface area contributed by atoms with Crippen LogP contribution in [0.4, 0.5) is 0 Å². The van der Waals surface area contributed by atoms with Crippen molar-refractivity contribution in [2.75, 3.05) is 7.11 Å². The van der Waals surface area contributed by atoms with E-state index in [1.807, 2.05) is 24.3 Å². The maximum Gasteiger partial charge on any atom is 0.352 e. The fourth-order valence-electron chi connectivity index (χ4n) is 3.26. The molecule has 8 nitrogen and oxygen atoms in total. The highest BCUT2D eigenvalue weighted by molar-refractivity contribution is 5.95. The number of unbranched alkanes of at least 4 members (excludes halogenated alkanes) is 1. The number of esters is 1. The molecule has 3 rings (SSSR count). The quantitative estimate of drug-likeness (QED) is 0.415. The Balaban J connectivity index is 1.66. The van der Waals surface area contributed by atoms with Gasteiger partial charge in [0.25, 0.3) is 5.56 Å². The molecule has 0 unspecified atom stereocenters. The molecule has 0 aliphatic heterocycles. The molecule has 0 saturated carbocycles. The lowest BCUT2D eigenvalue weighted by Gasteiger charge is -2.07. The zero-order valence-electron chi connectivity index (χ0n) is 15.8. The summed E-state index contributed by atoms with van der Waals surface area (Å²) in [4.78, 5) is 50.3. The first-order valence-corrected chi connectivity index (χ1v) is 9.09. The van der Waals surface area contributed by atoms with Crippen molar-refractivity contribution in [3.8, 4) is 0 Å². The number of aromatic nitrogens is 2. The lowest BCUT2D eigenvalue weighted by atomic mass is 10.00. The van der Waals surface area contributed by atoms with Crippen LogP contribution in [0, 0.1) is 0 Å². The molecule has 0 bridgehead atoms. The van der Waals surface area contributed by atoms with Crippen LogP contribution in [0.5, 0.6) is 0 Å². The maximum atomic E-state index is 11.9. The molecule has 0 aliphatic rings. The van der Waals surface area contributed by atoms with Gasteiger partial charge in [0.15, 0.2) is 0 Å². The molecule has 1 heterocycles. The largest absolute Gasteiger partial charge is 0.477 e. The van der Waals surface area contributed by atoms with Crippen molar-refractivity contribution < 1.29 is 19.4 Å². The van der Waals surface area contributed by atoms with Gasteiger partial charge in [-0.15, -0.1) is 0 Å². The lowest BCUT2D eigenvalue weighted by molar-refractivity contribution is 0.0600. The van der Waals surface area contributed by atoms with Gasteiger partial charge >= 0.3 is 17.6 Å². The summed E-state index contributed by atoms with van der Waals surface area (Å²) >= 11 is 0. The van der Waals surface area contributed by atoms with Crippen molar-refractivity contribution in [3.05, 3.63) is 79.6 Å². The van der Waals surface area contributed by atoms with Gasteiger partial charge in [-0.25, -0.2) is 14.4 Å². The van der Waals surface area contributed by atoms with E-state index in [9.17, 15) is 19.2 Å². The number of benzene rings is 2. The van der Waals surface area contributed by atoms with E-state index in [2.05, 4.69) is 9.97 Å². The molecule has 150 valence electrons. The second-order valence-corrected chi connectivity index (χ2v) is 6.66. The molecule has 0 amide bonds. The number of hydrogen-bond acceptors (Lipinski definition) is 5. The molecule has 0 spiro atoms. The summed E-state index contributed by atoms with van der Waals surface area (Å²) in [5.41, 5.74) is -0.192. The number of rotatable bonds is 7. The molecular weight excluding hydrogens is 376 g/mol. The molecule has 2 aromatic carbocycles. The van der Waals surface area contributed by atoms with Crippen molar-refractivity contribution in [2.24, 2.45) is 0 Å². The average Bonchev–Trinajstić information content (AvgIpc) is 2.70. The van der Waals surface area contributed by atoms with E-state index < -0.39 is 17.2 Å². The van der Waals surface area contributed by atoms with E-state index in [1.54, 1.807) is 12.1 Å². The molecular formula is C21H20N2O6. The molecule has 8 heteroatoms. The first kappa shape index (κ1) is 20.1. The summed E-state index contributed by atoms with van der Waals surface area (Å²) < 4.78 is 4.73.